The second kappa shape index (κ2) is 5.84. The molecule has 0 spiro atoms. The Balaban J connectivity index is 2.23. The van der Waals surface area contributed by atoms with Crippen LogP contribution in [0.1, 0.15) is 57.4 Å². The van der Waals surface area contributed by atoms with Gasteiger partial charge in [-0.1, -0.05) is 13.8 Å². The van der Waals surface area contributed by atoms with Gasteiger partial charge in [0.25, 0.3) is 0 Å². The van der Waals surface area contributed by atoms with Crippen LogP contribution in [0.25, 0.3) is 0 Å². The maximum absolute atomic E-state index is 10.8. The fourth-order valence-electron chi connectivity index (χ4n) is 2.87. The minimum absolute atomic E-state index is 0.368. The Morgan fingerprint density at radius 3 is 2.47 bits per heavy atom. The van der Waals surface area contributed by atoms with Gasteiger partial charge < -0.3 is 9.84 Å². The highest BCUT2D eigenvalue weighted by molar-refractivity contribution is 9.10. The summed E-state index contributed by atoms with van der Waals surface area (Å²) in [6.45, 7) is 7.27. The molecule has 2 rings (SSSR count). The molecule has 1 saturated carbocycles. The fraction of sp³-hybridized carbons (Fsp3) is 0.733. The molecule has 4 heteroatoms. The molecule has 2 nitrogen and oxygen atoms in total. The minimum atomic E-state index is -0.530. The first-order chi connectivity index (χ1) is 8.90. The van der Waals surface area contributed by atoms with Crippen LogP contribution in [0.5, 0.6) is 0 Å². The van der Waals surface area contributed by atoms with Crippen molar-refractivity contribution in [2.24, 2.45) is 5.41 Å². The highest BCUT2D eigenvalue weighted by atomic mass is 79.9. The largest absolute Gasteiger partial charge is 0.384 e. The molecule has 0 amide bonds. The van der Waals surface area contributed by atoms with E-state index in [9.17, 15) is 5.11 Å². The van der Waals surface area contributed by atoms with Crippen LogP contribution in [0.15, 0.2) is 15.9 Å². The molecule has 1 fully saturated rings. The van der Waals surface area contributed by atoms with Gasteiger partial charge in [-0.25, -0.2) is 0 Å². The van der Waals surface area contributed by atoms with Gasteiger partial charge >= 0.3 is 0 Å². The molecule has 0 radical (unpaired) electrons. The maximum Gasteiger partial charge on any atom is 0.118 e. The van der Waals surface area contributed by atoms with Gasteiger partial charge in [-0.3, -0.25) is 0 Å². The van der Waals surface area contributed by atoms with Crippen molar-refractivity contribution in [2.75, 3.05) is 6.61 Å². The molecule has 1 aromatic heterocycles. The van der Waals surface area contributed by atoms with Crippen LogP contribution >= 0.6 is 27.3 Å². The quantitative estimate of drug-likeness (QED) is 0.838. The average molecular weight is 347 g/mol. The second-order valence-electron chi connectivity index (χ2n) is 6.20. The van der Waals surface area contributed by atoms with E-state index in [1.807, 2.05) is 18.4 Å². The molecule has 1 aromatic rings. The third kappa shape index (κ3) is 3.23. The number of halogens is 1. The summed E-state index contributed by atoms with van der Waals surface area (Å²) in [6.07, 6.45) is 3.54. The molecule has 1 heterocycles. The van der Waals surface area contributed by atoms with Gasteiger partial charge in [0.15, 0.2) is 0 Å². The summed E-state index contributed by atoms with van der Waals surface area (Å²) in [6, 6.07) is 2.00. The lowest BCUT2D eigenvalue weighted by Gasteiger charge is -2.45. The number of hydrogen-bond donors (Lipinski definition) is 1. The molecule has 19 heavy (non-hydrogen) atoms. The lowest BCUT2D eigenvalue weighted by atomic mass is 9.69. The van der Waals surface area contributed by atoms with Gasteiger partial charge in [0.2, 0.25) is 0 Å². The van der Waals surface area contributed by atoms with Crippen molar-refractivity contribution in [3.63, 3.8) is 0 Å². The van der Waals surface area contributed by atoms with Gasteiger partial charge in [-0.15, -0.1) is 11.3 Å². The number of hydrogen-bond acceptors (Lipinski definition) is 3. The van der Waals surface area contributed by atoms with Gasteiger partial charge in [0.05, 0.1) is 10.5 Å². The van der Waals surface area contributed by atoms with Crippen LogP contribution in [0.2, 0.25) is 0 Å². The third-order valence-electron chi connectivity index (χ3n) is 4.27. The van der Waals surface area contributed by atoms with E-state index in [2.05, 4.69) is 29.8 Å². The van der Waals surface area contributed by atoms with Crippen molar-refractivity contribution in [2.45, 2.75) is 58.2 Å². The predicted octanol–water partition coefficient (Wildman–Crippen LogP) is 4.92. The summed E-state index contributed by atoms with van der Waals surface area (Å²) in [5.41, 5.74) is -0.0371. The van der Waals surface area contributed by atoms with Gasteiger partial charge in [0.1, 0.15) is 6.10 Å². The van der Waals surface area contributed by atoms with E-state index in [1.54, 1.807) is 11.3 Å². The molecule has 0 saturated heterocycles. The van der Waals surface area contributed by atoms with E-state index in [0.29, 0.717) is 12.0 Å². The lowest BCUT2D eigenvalue weighted by Crippen LogP contribution is -2.44. The lowest BCUT2D eigenvalue weighted by molar-refractivity contribution is -0.152. The Hall–Kier alpha value is 0.100. The molecule has 0 aliphatic heterocycles. The van der Waals surface area contributed by atoms with Crippen molar-refractivity contribution in [1.82, 2.24) is 0 Å². The first-order valence-electron chi connectivity index (χ1n) is 6.95. The zero-order chi connectivity index (χ0) is 14.1. The van der Waals surface area contributed by atoms with Crippen LogP contribution in [0, 0.1) is 5.41 Å². The Bertz CT molecular complexity index is 418. The minimum Gasteiger partial charge on any atom is -0.384 e. The smallest absolute Gasteiger partial charge is 0.118 e. The summed E-state index contributed by atoms with van der Waals surface area (Å²) in [5, 5.41) is 12.8. The number of aliphatic hydroxyl groups excluding tert-OH is 1. The molecule has 108 valence electrons. The standard InChI is InChI=1S/C15H23BrO2S/c1-4-18-15(8-6-14(2,3)7-9-15)13(17)12-11(16)5-10-19-12/h5,10,13,17H,4,6-9H2,1-3H3. The number of rotatable bonds is 4. The van der Waals surface area contributed by atoms with Crippen molar-refractivity contribution in [3.8, 4) is 0 Å². The molecule has 1 unspecified atom stereocenters. The van der Waals surface area contributed by atoms with Crippen LogP contribution in [-0.2, 0) is 4.74 Å². The fourth-order valence-corrected chi connectivity index (χ4v) is 4.55. The van der Waals surface area contributed by atoms with Crippen molar-refractivity contribution < 1.29 is 9.84 Å². The average Bonchev–Trinajstić information content (AvgIpc) is 2.78. The van der Waals surface area contributed by atoms with Crippen LogP contribution in [0.3, 0.4) is 0 Å². The van der Waals surface area contributed by atoms with E-state index in [-0.39, 0.29) is 0 Å². The molecular weight excluding hydrogens is 324 g/mol. The summed E-state index contributed by atoms with van der Waals surface area (Å²) >= 11 is 5.12. The van der Waals surface area contributed by atoms with Crippen LogP contribution < -0.4 is 0 Å². The zero-order valence-corrected chi connectivity index (χ0v) is 14.3. The van der Waals surface area contributed by atoms with E-state index < -0.39 is 11.7 Å². The molecule has 0 bridgehead atoms. The molecule has 0 aromatic carbocycles. The van der Waals surface area contributed by atoms with Crippen molar-refractivity contribution in [1.29, 1.82) is 0 Å². The monoisotopic (exact) mass is 346 g/mol. The molecular formula is C15H23BrO2S. The van der Waals surface area contributed by atoms with Crippen molar-refractivity contribution >= 4 is 27.3 Å². The predicted molar refractivity (Wildman–Crippen MR) is 83.6 cm³/mol. The van der Waals surface area contributed by atoms with Crippen molar-refractivity contribution in [3.05, 3.63) is 20.8 Å². The Morgan fingerprint density at radius 2 is 2.00 bits per heavy atom. The Morgan fingerprint density at radius 1 is 1.37 bits per heavy atom. The number of aliphatic hydroxyl groups is 1. The summed E-state index contributed by atoms with van der Waals surface area (Å²) < 4.78 is 7.03. The van der Waals surface area contributed by atoms with Crippen LogP contribution in [-0.4, -0.2) is 17.3 Å². The highest BCUT2D eigenvalue weighted by Gasteiger charge is 2.45. The number of thiophene rings is 1. The Kier molecular flexibility index (Phi) is 4.76. The summed E-state index contributed by atoms with van der Waals surface area (Å²) in [5.74, 6) is 0. The third-order valence-corrected chi connectivity index (χ3v) is 6.20. The first kappa shape index (κ1) is 15.5. The maximum atomic E-state index is 10.8. The zero-order valence-electron chi connectivity index (χ0n) is 11.9. The van der Waals surface area contributed by atoms with E-state index in [1.165, 1.54) is 0 Å². The Labute approximate surface area is 128 Å². The van der Waals surface area contributed by atoms with E-state index >= 15 is 0 Å². The molecule has 1 N–H and O–H groups in total. The molecule has 1 aliphatic rings. The normalized spacial score (nSPS) is 23.2. The topological polar surface area (TPSA) is 29.5 Å². The second-order valence-corrected chi connectivity index (χ2v) is 8.00. The van der Waals surface area contributed by atoms with E-state index in [4.69, 9.17) is 4.74 Å². The van der Waals surface area contributed by atoms with Gasteiger partial charge in [-0.2, -0.15) is 0 Å². The van der Waals surface area contributed by atoms with Crippen LogP contribution in [0.4, 0.5) is 0 Å². The highest BCUT2D eigenvalue weighted by Crippen LogP contribution is 2.49. The SMILES string of the molecule is CCOC1(C(O)c2sccc2Br)CCC(C)(C)CC1. The van der Waals surface area contributed by atoms with E-state index in [0.717, 1.165) is 35.0 Å². The van der Waals surface area contributed by atoms with Gasteiger partial charge in [-0.05, 0) is 65.4 Å². The molecule has 1 aliphatic carbocycles. The molecule has 1 atom stereocenters. The summed E-state index contributed by atoms with van der Waals surface area (Å²) in [7, 11) is 0. The number of ether oxygens (including phenoxy) is 1. The first-order valence-corrected chi connectivity index (χ1v) is 8.62. The summed E-state index contributed by atoms with van der Waals surface area (Å²) in [4.78, 5) is 0.994. The van der Waals surface area contributed by atoms with Gasteiger partial charge in [0, 0.05) is 11.1 Å².